The van der Waals surface area contributed by atoms with Gasteiger partial charge in [-0.1, -0.05) is 12.1 Å². The second kappa shape index (κ2) is 8.90. The van der Waals surface area contributed by atoms with Gasteiger partial charge in [0.1, 0.15) is 19.0 Å². The Morgan fingerprint density at radius 1 is 1.10 bits per heavy atom. The second-order valence-corrected chi connectivity index (χ2v) is 7.09. The number of hydrogen-bond acceptors (Lipinski definition) is 5. The number of para-hydroxylation sites is 2. The third-order valence-electron chi connectivity index (χ3n) is 5.02. The van der Waals surface area contributed by atoms with E-state index in [-0.39, 0.29) is 12.0 Å². The van der Waals surface area contributed by atoms with Gasteiger partial charge in [-0.2, -0.15) is 0 Å². The largest absolute Gasteiger partial charge is 0.493 e. The summed E-state index contributed by atoms with van der Waals surface area (Å²) in [6.07, 6.45) is 7.95. The van der Waals surface area contributed by atoms with Gasteiger partial charge in [-0.05, 0) is 61.6 Å². The Labute approximate surface area is 170 Å². The van der Waals surface area contributed by atoms with E-state index in [0.29, 0.717) is 41.9 Å². The number of methoxy groups -OCH3 is 1. The van der Waals surface area contributed by atoms with E-state index in [1.807, 2.05) is 36.4 Å². The van der Waals surface area contributed by atoms with Crippen LogP contribution in [0.3, 0.4) is 0 Å². The lowest BCUT2D eigenvalue weighted by atomic mass is 10.1. The van der Waals surface area contributed by atoms with Crippen LogP contribution in [0.4, 0.5) is 5.69 Å². The Balaban J connectivity index is 1.45. The zero-order valence-corrected chi connectivity index (χ0v) is 16.5. The quantitative estimate of drug-likeness (QED) is 0.733. The molecular formula is C23H25NO5. The third-order valence-corrected chi connectivity index (χ3v) is 5.02. The van der Waals surface area contributed by atoms with E-state index >= 15 is 0 Å². The van der Waals surface area contributed by atoms with Gasteiger partial charge in [-0.3, -0.25) is 4.79 Å². The molecule has 1 fully saturated rings. The Hall–Kier alpha value is -3.15. The van der Waals surface area contributed by atoms with Crippen molar-refractivity contribution in [3.05, 3.63) is 48.0 Å². The number of carbonyl (C=O) groups is 1. The van der Waals surface area contributed by atoms with Crippen molar-refractivity contribution < 1.29 is 23.7 Å². The SMILES string of the molecule is COc1cc(C=CC(=O)Nc2ccccc2OC2CCCC2)cc2c1OCCO2. The molecule has 0 unspecified atom stereocenters. The minimum absolute atomic E-state index is 0.230. The lowest BCUT2D eigenvalue weighted by molar-refractivity contribution is -0.111. The van der Waals surface area contributed by atoms with Gasteiger partial charge in [0, 0.05) is 6.08 Å². The van der Waals surface area contributed by atoms with Crippen molar-refractivity contribution in [3.8, 4) is 23.0 Å². The summed E-state index contributed by atoms with van der Waals surface area (Å²) < 4.78 is 22.7. The molecule has 1 saturated carbocycles. The molecule has 6 heteroatoms. The number of ether oxygens (including phenoxy) is 4. The molecule has 2 aromatic rings. The van der Waals surface area contributed by atoms with E-state index < -0.39 is 0 Å². The predicted molar refractivity (Wildman–Crippen MR) is 111 cm³/mol. The van der Waals surface area contributed by atoms with Gasteiger partial charge in [-0.25, -0.2) is 0 Å². The molecule has 1 aliphatic carbocycles. The fraction of sp³-hybridized carbons (Fsp3) is 0.348. The molecule has 6 nitrogen and oxygen atoms in total. The second-order valence-electron chi connectivity index (χ2n) is 7.09. The zero-order chi connectivity index (χ0) is 20.1. The van der Waals surface area contributed by atoms with Crippen molar-refractivity contribution in [3.63, 3.8) is 0 Å². The summed E-state index contributed by atoms with van der Waals surface area (Å²) in [6.45, 7) is 0.977. The van der Waals surface area contributed by atoms with Gasteiger partial charge in [0.05, 0.1) is 18.9 Å². The van der Waals surface area contributed by atoms with Crippen molar-refractivity contribution in [1.29, 1.82) is 0 Å². The van der Waals surface area contributed by atoms with Crippen LogP contribution in [0.15, 0.2) is 42.5 Å². The molecule has 0 spiro atoms. The Kier molecular flexibility index (Phi) is 5.89. The lowest BCUT2D eigenvalue weighted by Gasteiger charge is -2.20. The smallest absolute Gasteiger partial charge is 0.248 e. The van der Waals surface area contributed by atoms with E-state index in [0.717, 1.165) is 18.4 Å². The molecule has 2 aliphatic rings. The summed E-state index contributed by atoms with van der Waals surface area (Å²) in [5, 5.41) is 2.91. The van der Waals surface area contributed by atoms with Gasteiger partial charge in [0.25, 0.3) is 0 Å². The van der Waals surface area contributed by atoms with Crippen molar-refractivity contribution in [2.24, 2.45) is 0 Å². The number of fused-ring (bicyclic) bond motifs is 1. The van der Waals surface area contributed by atoms with Crippen LogP contribution in [0.2, 0.25) is 0 Å². The number of anilines is 1. The molecule has 1 amide bonds. The summed E-state index contributed by atoms with van der Waals surface area (Å²) >= 11 is 0. The van der Waals surface area contributed by atoms with Gasteiger partial charge < -0.3 is 24.3 Å². The minimum atomic E-state index is -0.235. The van der Waals surface area contributed by atoms with Gasteiger partial charge in [0.15, 0.2) is 11.5 Å². The highest BCUT2D eigenvalue weighted by Crippen LogP contribution is 2.40. The molecule has 1 N–H and O–H groups in total. The molecule has 0 saturated heterocycles. The molecule has 0 aromatic heterocycles. The number of rotatable bonds is 6. The first-order valence-corrected chi connectivity index (χ1v) is 9.95. The van der Waals surface area contributed by atoms with Crippen LogP contribution in [0.5, 0.6) is 23.0 Å². The Morgan fingerprint density at radius 2 is 1.90 bits per heavy atom. The Bertz CT molecular complexity index is 885. The van der Waals surface area contributed by atoms with Crippen LogP contribution >= 0.6 is 0 Å². The van der Waals surface area contributed by atoms with Crippen molar-refractivity contribution in [1.82, 2.24) is 0 Å². The normalized spacial score (nSPS) is 16.0. The first-order valence-electron chi connectivity index (χ1n) is 9.95. The summed E-state index contributed by atoms with van der Waals surface area (Å²) in [4.78, 5) is 12.5. The van der Waals surface area contributed by atoms with Gasteiger partial charge in [-0.15, -0.1) is 0 Å². The molecule has 0 atom stereocenters. The highest BCUT2D eigenvalue weighted by atomic mass is 16.6. The maximum atomic E-state index is 12.5. The van der Waals surface area contributed by atoms with E-state index in [1.165, 1.54) is 18.9 Å². The molecular weight excluding hydrogens is 370 g/mol. The molecule has 29 heavy (non-hydrogen) atoms. The highest BCUT2D eigenvalue weighted by molar-refractivity contribution is 6.02. The van der Waals surface area contributed by atoms with Gasteiger partial charge in [0.2, 0.25) is 11.7 Å². The highest BCUT2D eigenvalue weighted by Gasteiger charge is 2.19. The summed E-state index contributed by atoms with van der Waals surface area (Å²) in [7, 11) is 1.58. The number of carbonyl (C=O) groups excluding carboxylic acids is 1. The number of benzene rings is 2. The molecule has 152 valence electrons. The van der Waals surface area contributed by atoms with Crippen LogP contribution in [0, 0.1) is 0 Å². The number of hydrogen-bond donors (Lipinski definition) is 1. The molecule has 0 bridgehead atoms. The molecule has 4 rings (SSSR count). The summed E-state index contributed by atoms with van der Waals surface area (Å²) in [5.41, 5.74) is 1.46. The molecule has 2 aromatic carbocycles. The molecule has 0 radical (unpaired) electrons. The number of nitrogens with one attached hydrogen (secondary N) is 1. The molecule has 1 aliphatic heterocycles. The maximum Gasteiger partial charge on any atom is 0.248 e. The van der Waals surface area contributed by atoms with Crippen molar-refractivity contribution in [2.45, 2.75) is 31.8 Å². The van der Waals surface area contributed by atoms with E-state index in [2.05, 4.69) is 5.32 Å². The predicted octanol–water partition coefficient (Wildman–Crippen LogP) is 4.44. The van der Waals surface area contributed by atoms with Crippen LogP contribution in [0.1, 0.15) is 31.2 Å². The first kappa shape index (κ1) is 19.2. The van der Waals surface area contributed by atoms with E-state index in [4.69, 9.17) is 18.9 Å². The first-order chi connectivity index (χ1) is 14.2. The van der Waals surface area contributed by atoms with Crippen molar-refractivity contribution in [2.75, 3.05) is 25.6 Å². The van der Waals surface area contributed by atoms with Crippen LogP contribution in [0.25, 0.3) is 6.08 Å². The average Bonchev–Trinajstić information content (AvgIpc) is 3.26. The molecule has 1 heterocycles. The topological polar surface area (TPSA) is 66.0 Å². The monoisotopic (exact) mass is 395 g/mol. The van der Waals surface area contributed by atoms with Crippen LogP contribution in [-0.2, 0) is 4.79 Å². The Morgan fingerprint density at radius 3 is 2.72 bits per heavy atom. The summed E-state index contributed by atoms with van der Waals surface area (Å²) in [5.74, 6) is 2.27. The fourth-order valence-electron chi connectivity index (χ4n) is 3.59. The fourth-order valence-corrected chi connectivity index (χ4v) is 3.59. The lowest BCUT2D eigenvalue weighted by Crippen LogP contribution is -2.16. The third kappa shape index (κ3) is 4.65. The minimum Gasteiger partial charge on any atom is -0.493 e. The maximum absolute atomic E-state index is 12.5. The van der Waals surface area contributed by atoms with Crippen molar-refractivity contribution >= 4 is 17.7 Å². The standard InChI is InChI=1S/C23H25NO5/c1-26-20-14-16(15-21-23(20)28-13-12-27-21)10-11-22(25)24-18-8-4-5-9-19(18)29-17-6-2-3-7-17/h4-5,8-11,14-15,17H,2-3,6-7,12-13H2,1H3,(H,24,25). The number of amides is 1. The zero-order valence-electron chi connectivity index (χ0n) is 16.5. The average molecular weight is 395 g/mol. The van der Waals surface area contributed by atoms with Crippen LogP contribution < -0.4 is 24.3 Å². The summed E-state index contributed by atoms with van der Waals surface area (Å²) in [6, 6.07) is 11.2. The van der Waals surface area contributed by atoms with Crippen LogP contribution in [-0.4, -0.2) is 32.3 Å². The van der Waals surface area contributed by atoms with E-state index in [1.54, 1.807) is 13.2 Å². The van der Waals surface area contributed by atoms with Gasteiger partial charge >= 0.3 is 0 Å². The van der Waals surface area contributed by atoms with E-state index in [9.17, 15) is 4.79 Å².